The molecule has 2 rings (SSSR count). The predicted octanol–water partition coefficient (Wildman–Crippen LogP) is 5.05. The van der Waals surface area contributed by atoms with Crippen LogP contribution in [-0.2, 0) is 0 Å². The van der Waals surface area contributed by atoms with E-state index in [1.807, 2.05) is 0 Å². The molecule has 0 spiro atoms. The molecule has 1 aromatic rings. The lowest BCUT2D eigenvalue weighted by molar-refractivity contribution is 0.227. The number of rotatable bonds is 3. The Labute approximate surface area is 114 Å². The zero-order valence-corrected chi connectivity index (χ0v) is 11.9. The molecule has 0 unspecified atom stereocenters. The van der Waals surface area contributed by atoms with E-state index in [0.717, 1.165) is 25.7 Å². The Hall–Kier alpha value is -1.12. The van der Waals surface area contributed by atoms with Crippen molar-refractivity contribution in [3.63, 3.8) is 0 Å². The average Bonchev–Trinajstić information content (AvgIpc) is 2.36. The van der Waals surface area contributed by atoms with Gasteiger partial charge in [0.15, 0.2) is 11.6 Å². The molecular formula is C16H22F2O. The SMILES string of the molecule is CC1CCC(c2ccc(OC(C)C)c(F)c2F)CC1. The van der Waals surface area contributed by atoms with Crippen molar-refractivity contribution < 1.29 is 13.5 Å². The molecule has 19 heavy (non-hydrogen) atoms. The van der Waals surface area contributed by atoms with E-state index in [2.05, 4.69) is 6.92 Å². The molecule has 0 saturated heterocycles. The summed E-state index contributed by atoms with van der Waals surface area (Å²) in [4.78, 5) is 0. The zero-order chi connectivity index (χ0) is 14.0. The lowest BCUT2D eigenvalue weighted by Gasteiger charge is -2.27. The van der Waals surface area contributed by atoms with Crippen molar-refractivity contribution in [1.29, 1.82) is 0 Å². The third-order valence-corrected chi connectivity index (χ3v) is 3.90. The van der Waals surface area contributed by atoms with Gasteiger partial charge in [0.1, 0.15) is 0 Å². The van der Waals surface area contributed by atoms with Crippen molar-refractivity contribution in [2.75, 3.05) is 0 Å². The normalized spacial score (nSPS) is 23.7. The summed E-state index contributed by atoms with van der Waals surface area (Å²) in [6.45, 7) is 5.81. The van der Waals surface area contributed by atoms with E-state index in [9.17, 15) is 8.78 Å². The molecule has 106 valence electrons. The van der Waals surface area contributed by atoms with Gasteiger partial charge in [-0.05, 0) is 50.2 Å². The second kappa shape index (κ2) is 5.89. The van der Waals surface area contributed by atoms with E-state index in [0.29, 0.717) is 11.5 Å². The van der Waals surface area contributed by atoms with Crippen molar-refractivity contribution in [1.82, 2.24) is 0 Å². The fourth-order valence-electron chi connectivity index (χ4n) is 2.78. The van der Waals surface area contributed by atoms with Gasteiger partial charge in [-0.25, -0.2) is 4.39 Å². The van der Waals surface area contributed by atoms with Crippen molar-refractivity contribution in [2.24, 2.45) is 5.92 Å². The molecule has 3 heteroatoms. The summed E-state index contributed by atoms with van der Waals surface area (Å²) in [5.74, 6) is -0.700. The number of hydrogen-bond acceptors (Lipinski definition) is 1. The average molecular weight is 268 g/mol. The minimum Gasteiger partial charge on any atom is -0.488 e. The standard InChI is InChI=1S/C16H22F2O/c1-10(2)19-14-9-8-13(15(17)16(14)18)12-6-4-11(3)5-7-12/h8-12H,4-7H2,1-3H3. The minimum atomic E-state index is -0.843. The van der Waals surface area contributed by atoms with Crippen molar-refractivity contribution in [2.45, 2.75) is 58.5 Å². The Kier molecular flexibility index (Phi) is 4.43. The predicted molar refractivity (Wildman–Crippen MR) is 72.5 cm³/mol. The summed E-state index contributed by atoms with van der Waals surface area (Å²) >= 11 is 0. The van der Waals surface area contributed by atoms with Gasteiger partial charge in [0, 0.05) is 0 Å². The number of hydrogen-bond donors (Lipinski definition) is 0. The maximum absolute atomic E-state index is 14.1. The number of benzene rings is 1. The van der Waals surface area contributed by atoms with Gasteiger partial charge in [-0.1, -0.05) is 25.8 Å². The molecule has 0 aliphatic heterocycles. The van der Waals surface area contributed by atoms with E-state index in [4.69, 9.17) is 4.74 Å². The molecule has 1 saturated carbocycles. The van der Waals surface area contributed by atoms with Gasteiger partial charge >= 0.3 is 0 Å². The van der Waals surface area contributed by atoms with Gasteiger partial charge in [-0.3, -0.25) is 0 Å². The molecule has 1 aliphatic rings. The molecule has 1 nitrogen and oxygen atoms in total. The van der Waals surface area contributed by atoms with E-state index in [-0.39, 0.29) is 17.8 Å². The molecule has 0 aromatic heterocycles. The Bertz CT molecular complexity index is 435. The first-order chi connectivity index (χ1) is 8.99. The maximum atomic E-state index is 14.1. The van der Waals surface area contributed by atoms with E-state index in [1.165, 1.54) is 0 Å². The molecule has 1 aliphatic carbocycles. The van der Waals surface area contributed by atoms with Crippen LogP contribution in [-0.4, -0.2) is 6.10 Å². The van der Waals surface area contributed by atoms with Crippen LogP contribution in [0.25, 0.3) is 0 Å². The van der Waals surface area contributed by atoms with Gasteiger partial charge in [-0.15, -0.1) is 0 Å². The second-order valence-corrected chi connectivity index (χ2v) is 5.90. The highest BCUT2D eigenvalue weighted by molar-refractivity contribution is 5.33. The molecule has 0 amide bonds. The van der Waals surface area contributed by atoms with Crippen LogP contribution >= 0.6 is 0 Å². The topological polar surface area (TPSA) is 9.23 Å². The first-order valence-electron chi connectivity index (χ1n) is 7.13. The molecular weight excluding hydrogens is 246 g/mol. The molecule has 1 fully saturated rings. The van der Waals surface area contributed by atoms with Crippen molar-refractivity contribution in [3.05, 3.63) is 29.3 Å². The molecule has 0 radical (unpaired) electrons. The van der Waals surface area contributed by atoms with Gasteiger partial charge in [0.05, 0.1) is 6.10 Å². The molecule has 0 N–H and O–H groups in total. The fourth-order valence-corrected chi connectivity index (χ4v) is 2.78. The highest BCUT2D eigenvalue weighted by Gasteiger charge is 2.25. The van der Waals surface area contributed by atoms with Crippen LogP contribution < -0.4 is 4.74 Å². The summed E-state index contributed by atoms with van der Waals surface area (Å²) in [7, 11) is 0. The summed E-state index contributed by atoms with van der Waals surface area (Å²) in [6, 6.07) is 3.25. The van der Waals surface area contributed by atoms with Crippen LogP contribution in [0.15, 0.2) is 12.1 Å². The largest absolute Gasteiger partial charge is 0.488 e. The fraction of sp³-hybridized carbons (Fsp3) is 0.625. The first-order valence-corrected chi connectivity index (χ1v) is 7.13. The summed E-state index contributed by atoms with van der Waals surface area (Å²) in [5.41, 5.74) is 0.514. The number of ether oxygens (including phenoxy) is 1. The quantitative estimate of drug-likeness (QED) is 0.745. The monoisotopic (exact) mass is 268 g/mol. The van der Waals surface area contributed by atoms with Crippen LogP contribution in [0.5, 0.6) is 5.75 Å². The van der Waals surface area contributed by atoms with E-state index in [1.54, 1.807) is 26.0 Å². The highest BCUT2D eigenvalue weighted by atomic mass is 19.2. The van der Waals surface area contributed by atoms with Crippen molar-refractivity contribution >= 4 is 0 Å². The first kappa shape index (κ1) is 14.3. The molecule has 0 bridgehead atoms. The smallest absolute Gasteiger partial charge is 0.200 e. The Morgan fingerprint density at radius 1 is 1.05 bits per heavy atom. The Morgan fingerprint density at radius 2 is 1.68 bits per heavy atom. The van der Waals surface area contributed by atoms with Gasteiger partial charge in [0.2, 0.25) is 5.82 Å². The molecule has 0 heterocycles. The van der Waals surface area contributed by atoms with Crippen LogP contribution in [0.1, 0.15) is 57.9 Å². The summed E-state index contributed by atoms with van der Waals surface area (Å²) < 4.78 is 33.4. The Balaban J connectivity index is 2.21. The lowest BCUT2D eigenvalue weighted by atomic mass is 9.79. The highest BCUT2D eigenvalue weighted by Crippen LogP contribution is 2.38. The second-order valence-electron chi connectivity index (χ2n) is 5.90. The minimum absolute atomic E-state index is 0.0143. The zero-order valence-electron chi connectivity index (χ0n) is 11.9. The molecule has 1 aromatic carbocycles. The van der Waals surface area contributed by atoms with Crippen LogP contribution in [0, 0.1) is 17.6 Å². The van der Waals surface area contributed by atoms with Crippen LogP contribution in [0.2, 0.25) is 0 Å². The van der Waals surface area contributed by atoms with Crippen molar-refractivity contribution in [3.8, 4) is 5.75 Å². The third-order valence-electron chi connectivity index (χ3n) is 3.90. The Morgan fingerprint density at radius 3 is 2.26 bits per heavy atom. The maximum Gasteiger partial charge on any atom is 0.200 e. The summed E-state index contributed by atoms with van der Waals surface area (Å²) in [5, 5.41) is 0. The number of halogens is 2. The van der Waals surface area contributed by atoms with Gasteiger partial charge < -0.3 is 4.74 Å². The van der Waals surface area contributed by atoms with E-state index < -0.39 is 11.6 Å². The lowest BCUT2D eigenvalue weighted by Crippen LogP contribution is -2.14. The summed E-state index contributed by atoms with van der Waals surface area (Å²) in [6.07, 6.45) is 3.92. The third kappa shape index (κ3) is 3.26. The molecule has 0 atom stereocenters. The van der Waals surface area contributed by atoms with Gasteiger partial charge in [-0.2, -0.15) is 4.39 Å². The van der Waals surface area contributed by atoms with Crippen LogP contribution in [0.4, 0.5) is 8.78 Å². The van der Waals surface area contributed by atoms with Gasteiger partial charge in [0.25, 0.3) is 0 Å². The van der Waals surface area contributed by atoms with E-state index >= 15 is 0 Å². The van der Waals surface area contributed by atoms with Crippen LogP contribution in [0.3, 0.4) is 0 Å².